The maximum absolute atomic E-state index is 13.2. The van der Waals surface area contributed by atoms with Crippen LogP contribution >= 0.6 is 0 Å². The Kier molecular flexibility index (Phi) is 7.86. The Morgan fingerprint density at radius 2 is 1.59 bits per heavy atom. The van der Waals surface area contributed by atoms with Crippen molar-refractivity contribution in [3.8, 4) is 11.8 Å². The van der Waals surface area contributed by atoms with Crippen molar-refractivity contribution in [2.75, 3.05) is 31.1 Å². The Labute approximate surface area is 215 Å². The molecule has 1 aliphatic heterocycles. The van der Waals surface area contributed by atoms with E-state index >= 15 is 0 Å². The quantitative estimate of drug-likeness (QED) is 0.336. The van der Waals surface area contributed by atoms with E-state index < -0.39 is 17.9 Å². The minimum Gasteiger partial charge on any atom is -0.492 e. The van der Waals surface area contributed by atoms with Gasteiger partial charge in [-0.3, -0.25) is 14.5 Å². The Morgan fingerprint density at radius 1 is 0.919 bits per heavy atom. The number of aromatic hydroxyl groups is 2. The fourth-order valence-electron chi connectivity index (χ4n) is 4.53. The standard InChI is InChI=1S/C27H32N4O6/c1-3-5-15-29(17-14-28-27(36)37-31-22(32)12-13-23(31)33)21-11-10-20-24-18(21)8-7-9-19(24)25(34)30(26(20)35)16-6-4-2/h7-13,32-33H,3-6,14-17H2,1-2H3,(H,28,36). The SMILES string of the molecule is CCCCN1C(=O)c2cccc3c(N(CCCC)CCNC(=O)On4c(O)ccc4O)ccc(c23)C1=O. The van der Waals surface area contributed by atoms with E-state index in [1.165, 1.54) is 17.0 Å². The van der Waals surface area contributed by atoms with Gasteiger partial charge in [0.05, 0.1) is 0 Å². The summed E-state index contributed by atoms with van der Waals surface area (Å²) in [7, 11) is 0. The summed E-state index contributed by atoms with van der Waals surface area (Å²) in [5.41, 5.74) is 1.91. The number of unbranched alkanes of at least 4 members (excludes halogenated alkanes) is 2. The van der Waals surface area contributed by atoms with Gasteiger partial charge in [0.2, 0.25) is 11.8 Å². The van der Waals surface area contributed by atoms with E-state index in [-0.39, 0.29) is 18.4 Å². The first kappa shape index (κ1) is 25.9. The summed E-state index contributed by atoms with van der Waals surface area (Å²) in [6.45, 7) is 5.86. The molecule has 4 rings (SSSR count). The van der Waals surface area contributed by atoms with E-state index in [0.29, 0.717) is 40.9 Å². The predicted octanol–water partition coefficient (Wildman–Crippen LogP) is 3.89. The molecule has 0 saturated heterocycles. The van der Waals surface area contributed by atoms with Gasteiger partial charge in [0.1, 0.15) is 0 Å². The summed E-state index contributed by atoms with van der Waals surface area (Å²) >= 11 is 0. The molecule has 37 heavy (non-hydrogen) atoms. The van der Waals surface area contributed by atoms with Crippen LogP contribution in [0.25, 0.3) is 10.8 Å². The summed E-state index contributed by atoms with van der Waals surface area (Å²) < 4.78 is 0.619. The molecule has 2 heterocycles. The normalized spacial score (nSPS) is 12.8. The van der Waals surface area contributed by atoms with E-state index in [0.717, 1.165) is 36.8 Å². The van der Waals surface area contributed by atoms with Crippen LogP contribution in [-0.2, 0) is 0 Å². The minimum atomic E-state index is -0.836. The molecule has 0 bridgehead atoms. The molecule has 3 amide bonds. The highest BCUT2D eigenvalue weighted by molar-refractivity contribution is 6.26. The van der Waals surface area contributed by atoms with E-state index in [2.05, 4.69) is 17.1 Å². The molecule has 2 aromatic carbocycles. The molecule has 10 heteroatoms. The first-order valence-electron chi connectivity index (χ1n) is 12.6. The summed E-state index contributed by atoms with van der Waals surface area (Å²) in [5, 5.41) is 23.4. The smallest absolute Gasteiger partial charge is 0.432 e. The fourth-order valence-corrected chi connectivity index (χ4v) is 4.53. The van der Waals surface area contributed by atoms with Crippen LogP contribution in [0.4, 0.5) is 10.5 Å². The summed E-state index contributed by atoms with van der Waals surface area (Å²) in [5.74, 6) is -1.35. The second kappa shape index (κ2) is 11.2. The molecule has 0 spiro atoms. The van der Waals surface area contributed by atoms with Crippen LogP contribution in [-0.4, -0.2) is 63.9 Å². The molecular weight excluding hydrogens is 476 g/mol. The molecule has 1 aromatic heterocycles. The van der Waals surface area contributed by atoms with Crippen LogP contribution in [0.5, 0.6) is 11.8 Å². The molecular formula is C27H32N4O6. The minimum absolute atomic E-state index is 0.219. The van der Waals surface area contributed by atoms with E-state index in [1.807, 2.05) is 25.1 Å². The van der Waals surface area contributed by atoms with Crippen molar-refractivity contribution in [2.24, 2.45) is 0 Å². The van der Waals surface area contributed by atoms with Crippen molar-refractivity contribution in [3.63, 3.8) is 0 Å². The lowest BCUT2D eigenvalue weighted by Crippen LogP contribution is -2.41. The highest BCUT2D eigenvalue weighted by Gasteiger charge is 2.33. The third-order valence-corrected chi connectivity index (χ3v) is 6.45. The Bertz CT molecular complexity index is 1280. The molecule has 3 N–H and O–H groups in total. The van der Waals surface area contributed by atoms with E-state index in [1.54, 1.807) is 12.1 Å². The third-order valence-electron chi connectivity index (χ3n) is 6.45. The highest BCUT2D eigenvalue weighted by atomic mass is 16.7. The lowest BCUT2D eigenvalue weighted by atomic mass is 9.92. The van der Waals surface area contributed by atoms with Crippen molar-refractivity contribution in [1.29, 1.82) is 0 Å². The molecule has 0 atom stereocenters. The van der Waals surface area contributed by atoms with Crippen LogP contribution in [0.2, 0.25) is 0 Å². The number of benzene rings is 2. The molecule has 3 aromatic rings. The van der Waals surface area contributed by atoms with E-state index in [9.17, 15) is 24.6 Å². The molecule has 196 valence electrons. The van der Waals surface area contributed by atoms with Crippen molar-refractivity contribution in [3.05, 3.63) is 53.6 Å². The van der Waals surface area contributed by atoms with Crippen LogP contribution < -0.4 is 15.1 Å². The fraction of sp³-hybridized carbons (Fsp3) is 0.370. The monoisotopic (exact) mass is 508 g/mol. The van der Waals surface area contributed by atoms with Gasteiger partial charge in [-0.15, -0.1) is 4.73 Å². The first-order chi connectivity index (χ1) is 17.9. The second-order valence-corrected chi connectivity index (χ2v) is 8.97. The topological polar surface area (TPSA) is 124 Å². The molecule has 0 aliphatic carbocycles. The van der Waals surface area contributed by atoms with Crippen molar-refractivity contribution < 1.29 is 29.4 Å². The van der Waals surface area contributed by atoms with Gasteiger partial charge >= 0.3 is 6.09 Å². The van der Waals surface area contributed by atoms with Crippen LogP contribution in [0.1, 0.15) is 60.2 Å². The number of imide groups is 1. The van der Waals surface area contributed by atoms with Gasteiger partial charge in [-0.2, -0.15) is 0 Å². The molecule has 0 radical (unpaired) electrons. The van der Waals surface area contributed by atoms with Crippen molar-refractivity contribution in [2.45, 2.75) is 39.5 Å². The number of nitrogens with one attached hydrogen (secondary N) is 1. The molecule has 10 nitrogen and oxygen atoms in total. The average molecular weight is 509 g/mol. The number of aromatic nitrogens is 1. The summed E-state index contributed by atoms with van der Waals surface area (Å²) in [6, 6.07) is 11.6. The second-order valence-electron chi connectivity index (χ2n) is 8.97. The zero-order chi connectivity index (χ0) is 26.5. The zero-order valence-corrected chi connectivity index (χ0v) is 21.1. The van der Waals surface area contributed by atoms with Gasteiger partial charge in [-0.1, -0.05) is 38.8 Å². The number of nitrogens with zero attached hydrogens (tertiary/aromatic N) is 3. The molecule has 0 unspecified atom stereocenters. The molecule has 1 aliphatic rings. The van der Waals surface area contributed by atoms with Crippen LogP contribution in [0, 0.1) is 0 Å². The van der Waals surface area contributed by atoms with Gasteiger partial charge in [0.25, 0.3) is 11.8 Å². The third kappa shape index (κ3) is 5.18. The van der Waals surface area contributed by atoms with Gasteiger partial charge in [-0.05, 0) is 31.0 Å². The largest absolute Gasteiger partial charge is 0.492 e. The van der Waals surface area contributed by atoms with Gasteiger partial charge in [-0.25, -0.2) is 4.79 Å². The number of hydrogen-bond donors (Lipinski definition) is 3. The van der Waals surface area contributed by atoms with Gasteiger partial charge in [0, 0.05) is 65.9 Å². The lowest BCUT2D eigenvalue weighted by molar-refractivity contribution is 0.0608. The van der Waals surface area contributed by atoms with E-state index in [4.69, 9.17) is 4.84 Å². The van der Waals surface area contributed by atoms with Crippen LogP contribution in [0.3, 0.4) is 0 Å². The number of carbonyl (C=O) groups is 3. The Balaban J connectivity index is 1.57. The number of rotatable bonds is 11. The zero-order valence-electron chi connectivity index (χ0n) is 21.1. The van der Waals surface area contributed by atoms with Gasteiger partial charge in [0.15, 0.2) is 0 Å². The van der Waals surface area contributed by atoms with Crippen molar-refractivity contribution >= 4 is 34.4 Å². The maximum Gasteiger partial charge on any atom is 0.432 e. The van der Waals surface area contributed by atoms with Crippen LogP contribution in [0.15, 0.2) is 42.5 Å². The van der Waals surface area contributed by atoms with Crippen molar-refractivity contribution in [1.82, 2.24) is 14.9 Å². The highest BCUT2D eigenvalue weighted by Crippen LogP contribution is 2.36. The molecule has 0 saturated carbocycles. The number of amides is 3. The Morgan fingerprint density at radius 3 is 2.27 bits per heavy atom. The first-order valence-corrected chi connectivity index (χ1v) is 12.6. The number of anilines is 1. The Hall–Kier alpha value is -4.21. The summed E-state index contributed by atoms with van der Waals surface area (Å²) in [6.07, 6.45) is 2.67. The summed E-state index contributed by atoms with van der Waals surface area (Å²) in [4.78, 5) is 47.0. The average Bonchev–Trinajstić information content (AvgIpc) is 3.21. The number of carbonyl (C=O) groups excluding carboxylic acids is 3. The number of hydrogen-bond acceptors (Lipinski definition) is 7. The molecule has 0 fully saturated rings. The lowest BCUT2D eigenvalue weighted by Gasteiger charge is -2.30. The maximum atomic E-state index is 13.2. The van der Waals surface area contributed by atoms with Gasteiger partial charge < -0.3 is 25.3 Å². The predicted molar refractivity (Wildman–Crippen MR) is 139 cm³/mol.